The van der Waals surface area contributed by atoms with Gasteiger partial charge in [-0.1, -0.05) is 0 Å². The average Bonchev–Trinajstić information content (AvgIpc) is 2.41. The number of rotatable bonds is 4. The molecule has 0 amide bonds. The monoisotopic (exact) mass is 268 g/mol. The first-order valence-corrected chi connectivity index (χ1v) is 7.73. The van der Waals surface area contributed by atoms with Crippen LogP contribution in [0.3, 0.4) is 0 Å². The zero-order valence-electron chi connectivity index (χ0n) is 12.2. The standard InChI is InChI=1S/C15H28N2O2/c1-3-19-15(18)12-17-10-6-14(7-11-17)13-4-8-16(2)9-5-13/h13-14,16H,2-12H2,1H3. The van der Waals surface area contributed by atoms with Crippen LogP contribution >= 0.6 is 0 Å². The molecule has 2 aliphatic heterocycles. The second-order valence-electron chi connectivity index (χ2n) is 6.01. The van der Waals surface area contributed by atoms with E-state index in [4.69, 9.17) is 4.74 Å². The molecule has 1 N–H and O–H groups in total. The highest BCUT2D eigenvalue weighted by Crippen LogP contribution is 2.29. The Bertz CT molecular complexity index is 280. The lowest BCUT2D eigenvalue weighted by atomic mass is 9.79. The molecule has 2 fully saturated rings. The average molecular weight is 268 g/mol. The molecule has 0 bridgehead atoms. The molecule has 0 aromatic carbocycles. The quantitative estimate of drug-likeness (QED) is 0.590. The molecule has 4 nitrogen and oxygen atoms in total. The highest BCUT2D eigenvalue weighted by molar-refractivity contribution is 5.71. The van der Waals surface area contributed by atoms with E-state index in [1.54, 1.807) is 0 Å². The zero-order valence-corrected chi connectivity index (χ0v) is 12.2. The molecule has 2 saturated heterocycles. The van der Waals surface area contributed by atoms with Gasteiger partial charge in [-0.15, -0.1) is 0 Å². The van der Waals surface area contributed by atoms with E-state index in [0.717, 1.165) is 24.9 Å². The first-order valence-electron chi connectivity index (χ1n) is 7.73. The van der Waals surface area contributed by atoms with Crippen molar-refractivity contribution < 1.29 is 14.4 Å². The topological polar surface area (TPSA) is 34.0 Å². The van der Waals surface area contributed by atoms with E-state index in [-0.39, 0.29) is 5.97 Å². The fourth-order valence-electron chi connectivity index (χ4n) is 3.49. The summed E-state index contributed by atoms with van der Waals surface area (Å²) in [6.45, 7) is 7.40. The highest BCUT2D eigenvalue weighted by atomic mass is 16.5. The predicted octanol–water partition coefficient (Wildman–Crippen LogP) is 0.348. The molecule has 0 aromatic rings. The Hall–Kier alpha value is -0.610. The molecule has 0 aromatic heterocycles. The van der Waals surface area contributed by atoms with Gasteiger partial charge < -0.3 is 9.64 Å². The normalized spacial score (nSPS) is 30.2. The van der Waals surface area contributed by atoms with Crippen LogP contribution in [0.2, 0.25) is 0 Å². The lowest BCUT2D eigenvalue weighted by Crippen LogP contribution is -3.08. The van der Waals surface area contributed by atoms with E-state index >= 15 is 0 Å². The molecule has 0 saturated carbocycles. The van der Waals surface area contributed by atoms with Crippen LogP contribution in [0.1, 0.15) is 32.6 Å². The Kier molecular flexibility index (Phi) is 5.64. The molecule has 0 aliphatic carbocycles. The van der Waals surface area contributed by atoms with Gasteiger partial charge >= 0.3 is 5.97 Å². The number of esters is 1. The Morgan fingerprint density at radius 1 is 1.21 bits per heavy atom. The van der Waals surface area contributed by atoms with E-state index in [9.17, 15) is 4.79 Å². The number of nitrogens with zero attached hydrogens (tertiary/aromatic N) is 1. The predicted molar refractivity (Wildman–Crippen MR) is 74.6 cm³/mol. The summed E-state index contributed by atoms with van der Waals surface area (Å²) < 4.78 is 5.01. The van der Waals surface area contributed by atoms with Gasteiger partial charge in [0, 0.05) is 0 Å². The number of quaternary nitrogens is 1. The molecule has 2 heterocycles. The summed E-state index contributed by atoms with van der Waals surface area (Å²) in [4.78, 5) is 15.1. The van der Waals surface area contributed by atoms with Crippen molar-refractivity contribution in [1.82, 2.24) is 4.90 Å². The van der Waals surface area contributed by atoms with Gasteiger partial charge in [0.1, 0.15) is 0 Å². The Morgan fingerprint density at radius 3 is 2.37 bits per heavy atom. The highest BCUT2D eigenvalue weighted by Gasteiger charge is 2.29. The van der Waals surface area contributed by atoms with E-state index in [1.165, 1.54) is 43.7 Å². The molecule has 2 aliphatic rings. The van der Waals surface area contributed by atoms with Crippen LogP contribution in [-0.2, 0) is 9.53 Å². The number of hydrogen-bond donors (Lipinski definition) is 1. The van der Waals surface area contributed by atoms with Crippen LogP contribution < -0.4 is 4.90 Å². The Morgan fingerprint density at radius 2 is 1.79 bits per heavy atom. The minimum absolute atomic E-state index is 0.0742. The van der Waals surface area contributed by atoms with Gasteiger partial charge in [-0.05, 0) is 57.5 Å². The first-order chi connectivity index (χ1) is 9.19. The van der Waals surface area contributed by atoms with E-state index in [2.05, 4.69) is 11.9 Å². The van der Waals surface area contributed by atoms with Gasteiger partial charge in [-0.25, -0.2) is 0 Å². The molecule has 19 heavy (non-hydrogen) atoms. The number of carbonyl (C=O) groups is 1. The van der Waals surface area contributed by atoms with Crippen LogP contribution in [0.4, 0.5) is 0 Å². The summed E-state index contributed by atoms with van der Waals surface area (Å²) in [5.41, 5.74) is 0. The van der Waals surface area contributed by atoms with Crippen molar-refractivity contribution in [2.45, 2.75) is 32.6 Å². The SMILES string of the molecule is [CH2-][NH+]1CCC(C2CCN(CC(=O)OCC)CC2)CC1. The van der Waals surface area contributed by atoms with Crippen molar-refractivity contribution in [3.8, 4) is 0 Å². The minimum atomic E-state index is -0.0742. The van der Waals surface area contributed by atoms with Crippen molar-refractivity contribution in [2.24, 2.45) is 11.8 Å². The summed E-state index contributed by atoms with van der Waals surface area (Å²) >= 11 is 0. The lowest BCUT2D eigenvalue weighted by molar-refractivity contribution is -0.860. The number of carbonyl (C=O) groups excluding carboxylic acids is 1. The maximum atomic E-state index is 11.5. The molecular weight excluding hydrogens is 240 g/mol. The van der Waals surface area contributed by atoms with E-state index in [0.29, 0.717) is 13.2 Å². The third kappa shape index (κ3) is 4.46. The van der Waals surface area contributed by atoms with Crippen LogP contribution in [0.25, 0.3) is 0 Å². The van der Waals surface area contributed by atoms with Crippen molar-refractivity contribution in [3.63, 3.8) is 0 Å². The van der Waals surface area contributed by atoms with E-state index in [1.807, 2.05) is 6.92 Å². The second-order valence-corrected chi connectivity index (χ2v) is 6.01. The molecule has 0 atom stereocenters. The smallest absolute Gasteiger partial charge is 0.320 e. The van der Waals surface area contributed by atoms with Gasteiger partial charge in [0.15, 0.2) is 0 Å². The number of ether oxygens (including phenoxy) is 1. The third-order valence-corrected chi connectivity index (χ3v) is 4.69. The second kappa shape index (κ2) is 7.25. The summed E-state index contributed by atoms with van der Waals surface area (Å²) in [5, 5.41) is 0. The molecule has 110 valence electrons. The summed E-state index contributed by atoms with van der Waals surface area (Å²) in [5.74, 6) is 1.69. The molecule has 4 heteroatoms. The maximum Gasteiger partial charge on any atom is 0.320 e. The largest absolute Gasteiger partial charge is 0.468 e. The first kappa shape index (κ1) is 14.8. The van der Waals surface area contributed by atoms with Crippen LogP contribution in [0.5, 0.6) is 0 Å². The number of hydrogen-bond acceptors (Lipinski definition) is 3. The van der Waals surface area contributed by atoms with Gasteiger partial charge in [0.2, 0.25) is 0 Å². The van der Waals surface area contributed by atoms with Crippen molar-refractivity contribution in [2.75, 3.05) is 39.3 Å². The Balaban J connectivity index is 1.69. The number of likely N-dealkylation sites (tertiary alicyclic amines) is 2. The van der Waals surface area contributed by atoms with Gasteiger partial charge in [0.05, 0.1) is 26.2 Å². The molecular formula is C15H28N2O2. The molecule has 2 rings (SSSR count). The minimum Gasteiger partial charge on any atom is -0.468 e. The van der Waals surface area contributed by atoms with Crippen LogP contribution in [0.15, 0.2) is 0 Å². The fraction of sp³-hybridized carbons (Fsp3) is 0.867. The lowest BCUT2D eigenvalue weighted by Gasteiger charge is -2.39. The number of nitrogens with one attached hydrogen (secondary N) is 1. The van der Waals surface area contributed by atoms with Gasteiger partial charge in [-0.2, -0.15) is 7.05 Å². The Labute approximate surface area is 117 Å². The molecule has 0 spiro atoms. The molecule has 0 unspecified atom stereocenters. The van der Waals surface area contributed by atoms with Crippen LogP contribution in [-0.4, -0.2) is 50.2 Å². The van der Waals surface area contributed by atoms with Gasteiger partial charge in [-0.3, -0.25) is 9.69 Å². The summed E-state index contributed by atoms with van der Waals surface area (Å²) in [6, 6.07) is 0. The maximum absolute atomic E-state index is 11.5. The summed E-state index contributed by atoms with van der Waals surface area (Å²) in [7, 11) is 4.10. The van der Waals surface area contributed by atoms with Crippen LogP contribution in [0, 0.1) is 18.9 Å². The van der Waals surface area contributed by atoms with Crippen molar-refractivity contribution in [1.29, 1.82) is 0 Å². The summed E-state index contributed by atoms with van der Waals surface area (Å²) in [6.07, 6.45) is 5.16. The zero-order chi connectivity index (χ0) is 13.7. The van der Waals surface area contributed by atoms with Crippen molar-refractivity contribution in [3.05, 3.63) is 7.05 Å². The van der Waals surface area contributed by atoms with Gasteiger partial charge in [0.25, 0.3) is 0 Å². The van der Waals surface area contributed by atoms with E-state index < -0.39 is 0 Å². The molecule has 0 radical (unpaired) electrons. The van der Waals surface area contributed by atoms with Crippen molar-refractivity contribution >= 4 is 5.97 Å². The third-order valence-electron chi connectivity index (χ3n) is 4.69. The number of piperidine rings is 2. The fourth-order valence-corrected chi connectivity index (χ4v) is 3.49.